The van der Waals surface area contributed by atoms with E-state index >= 15 is 0 Å². The molecule has 0 spiro atoms. The van der Waals surface area contributed by atoms with Gasteiger partial charge in [-0.1, -0.05) is 0 Å². The Hall–Kier alpha value is -1.06. The second kappa shape index (κ2) is 5.08. The first-order valence-corrected chi connectivity index (χ1v) is 2.43. The molecular formula is C5H8O4. The summed E-state index contributed by atoms with van der Waals surface area (Å²) in [7, 11) is 1.28. The van der Waals surface area contributed by atoms with Gasteiger partial charge in [0.1, 0.15) is 6.61 Å². The summed E-state index contributed by atoms with van der Waals surface area (Å²) in [6, 6.07) is 0. The van der Waals surface area contributed by atoms with E-state index in [1.165, 1.54) is 7.11 Å². The topological polar surface area (TPSA) is 52.6 Å². The zero-order valence-corrected chi connectivity index (χ0v) is 5.12. The highest BCUT2D eigenvalue weighted by molar-refractivity contribution is 5.69. The minimum absolute atomic E-state index is 0.0934. The highest BCUT2D eigenvalue weighted by atomic mass is 16.5. The lowest BCUT2D eigenvalue weighted by atomic mass is 10.5. The van der Waals surface area contributed by atoms with E-state index in [4.69, 9.17) is 0 Å². The predicted octanol–water partition coefficient (Wildman–Crippen LogP) is -0.278. The highest BCUT2D eigenvalue weighted by Gasteiger charge is 1.97. The van der Waals surface area contributed by atoms with Crippen molar-refractivity contribution in [2.24, 2.45) is 0 Å². The molecule has 4 heteroatoms. The number of ether oxygens (including phenoxy) is 2. The summed E-state index contributed by atoms with van der Waals surface area (Å²) in [4.78, 5) is 19.8. The third kappa shape index (κ3) is 4.80. The van der Waals surface area contributed by atoms with E-state index in [0.717, 1.165) is 0 Å². The first-order chi connectivity index (χ1) is 4.31. The summed E-state index contributed by atoms with van der Waals surface area (Å²) in [6.07, 6.45) is 0.120. The second-order valence-electron chi connectivity index (χ2n) is 1.29. The van der Waals surface area contributed by atoms with Crippen LogP contribution in [0, 0.1) is 0 Å². The number of hydrogen-bond donors (Lipinski definition) is 0. The lowest BCUT2D eigenvalue weighted by Crippen LogP contribution is -2.04. The first kappa shape index (κ1) is 7.94. The normalized spacial score (nSPS) is 8.11. The zero-order valence-electron chi connectivity index (χ0n) is 5.12. The molecule has 0 aromatic heterocycles. The summed E-state index contributed by atoms with van der Waals surface area (Å²) in [5.74, 6) is -0.378. The van der Waals surface area contributed by atoms with Crippen molar-refractivity contribution in [1.82, 2.24) is 0 Å². The van der Waals surface area contributed by atoms with Gasteiger partial charge in [0, 0.05) is 0 Å². The molecule has 0 amide bonds. The van der Waals surface area contributed by atoms with E-state index in [-0.39, 0.29) is 19.0 Å². The SMILES string of the molecule is COC(=O)CCOC=O. The quantitative estimate of drug-likeness (QED) is 0.300. The van der Waals surface area contributed by atoms with Crippen molar-refractivity contribution in [3.63, 3.8) is 0 Å². The van der Waals surface area contributed by atoms with Crippen molar-refractivity contribution in [2.45, 2.75) is 6.42 Å². The van der Waals surface area contributed by atoms with Crippen molar-refractivity contribution in [2.75, 3.05) is 13.7 Å². The Bertz CT molecular complexity index is 99.1. The molecule has 0 aliphatic rings. The van der Waals surface area contributed by atoms with Gasteiger partial charge in [-0.3, -0.25) is 9.59 Å². The van der Waals surface area contributed by atoms with Crippen molar-refractivity contribution in [3.8, 4) is 0 Å². The van der Waals surface area contributed by atoms with Gasteiger partial charge < -0.3 is 9.47 Å². The predicted molar refractivity (Wildman–Crippen MR) is 28.6 cm³/mol. The van der Waals surface area contributed by atoms with Crippen LogP contribution in [0.15, 0.2) is 0 Å². The molecule has 0 aromatic rings. The second-order valence-corrected chi connectivity index (χ2v) is 1.29. The van der Waals surface area contributed by atoms with Crippen LogP contribution in [0.1, 0.15) is 6.42 Å². The van der Waals surface area contributed by atoms with Crippen LogP contribution in [0.2, 0.25) is 0 Å². The maximum Gasteiger partial charge on any atom is 0.308 e. The molecular weight excluding hydrogens is 124 g/mol. The summed E-state index contributed by atoms with van der Waals surface area (Å²) in [5.41, 5.74) is 0. The Morgan fingerprint density at radius 3 is 2.78 bits per heavy atom. The minimum atomic E-state index is -0.378. The van der Waals surface area contributed by atoms with Crippen molar-refractivity contribution >= 4 is 12.4 Å². The van der Waals surface area contributed by atoms with Crippen LogP contribution in [-0.2, 0) is 19.1 Å². The number of carbonyl (C=O) groups excluding carboxylic acids is 2. The summed E-state index contributed by atoms with van der Waals surface area (Å²) < 4.78 is 8.49. The lowest BCUT2D eigenvalue weighted by molar-refractivity contribution is -0.142. The molecule has 4 nitrogen and oxygen atoms in total. The number of carbonyl (C=O) groups is 2. The smallest absolute Gasteiger partial charge is 0.308 e. The Kier molecular flexibility index (Phi) is 4.49. The van der Waals surface area contributed by atoms with Crippen LogP contribution in [-0.4, -0.2) is 26.2 Å². The summed E-state index contributed by atoms with van der Waals surface area (Å²) in [6.45, 7) is 0.388. The van der Waals surface area contributed by atoms with Gasteiger partial charge in [0.15, 0.2) is 0 Å². The summed E-state index contributed by atoms with van der Waals surface area (Å²) >= 11 is 0. The lowest BCUT2D eigenvalue weighted by Gasteiger charge is -1.95. The minimum Gasteiger partial charge on any atom is -0.469 e. The van der Waals surface area contributed by atoms with E-state index < -0.39 is 0 Å². The molecule has 0 saturated carbocycles. The van der Waals surface area contributed by atoms with Gasteiger partial charge in [0.2, 0.25) is 0 Å². The van der Waals surface area contributed by atoms with Gasteiger partial charge in [-0.2, -0.15) is 0 Å². The van der Waals surface area contributed by atoms with Gasteiger partial charge in [-0.05, 0) is 0 Å². The van der Waals surface area contributed by atoms with Crippen LogP contribution >= 0.6 is 0 Å². The third-order valence-electron chi connectivity index (χ3n) is 0.720. The van der Waals surface area contributed by atoms with E-state index in [0.29, 0.717) is 6.47 Å². The van der Waals surface area contributed by atoms with Crippen LogP contribution in [0.25, 0.3) is 0 Å². The van der Waals surface area contributed by atoms with E-state index in [1.807, 2.05) is 0 Å². The molecule has 0 heterocycles. The van der Waals surface area contributed by atoms with Crippen molar-refractivity contribution in [1.29, 1.82) is 0 Å². The fraction of sp³-hybridized carbons (Fsp3) is 0.600. The maximum atomic E-state index is 10.3. The fourth-order valence-electron chi connectivity index (χ4n) is 0.292. The van der Waals surface area contributed by atoms with Crippen LogP contribution in [0.5, 0.6) is 0 Å². The molecule has 0 fully saturated rings. The molecule has 52 valence electrons. The molecule has 0 unspecified atom stereocenters. The highest BCUT2D eigenvalue weighted by Crippen LogP contribution is 1.82. The molecule has 0 aromatic carbocycles. The van der Waals surface area contributed by atoms with Crippen LogP contribution < -0.4 is 0 Å². The number of rotatable bonds is 4. The van der Waals surface area contributed by atoms with Crippen LogP contribution in [0.4, 0.5) is 0 Å². The van der Waals surface area contributed by atoms with Gasteiger partial charge in [0.25, 0.3) is 6.47 Å². The van der Waals surface area contributed by atoms with Gasteiger partial charge in [0.05, 0.1) is 13.5 Å². The summed E-state index contributed by atoms with van der Waals surface area (Å²) in [5, 5.41) is 0. The average molecular weight is 132 g/mol. The van der Waals surface area contributed by atoms with Gasteiger partial charge >= 0.3 is 5.97 Å². The molecule has 0 N–H and O–H groups in total. The molecule has 0 aliphatic carbocycles. The number of methoxy groups -OCH3 is 1. The third-order valence-corrected chi connectivity index (χ3v) is 0.720. The molecule has 0 saturated heterocycles. The first-order valence-electron chi connectivity index (χ1n) is 2.43. The van der Waals surface area contributed by atoms with E-state index in [1.54, 1.807) is 0 Å². The molecule has 0 atom stereocenters. The molecule has 0 radical (unpaired) electrons. The van der Waals surface area contributed by atoms with Crippen LogP contribution in [0.3, 0.4) is 0 Å². The Balaban J connectivity index is 3.06. The Morgan fingerprint density at radius 2 is 2.33 bits per heavy atom. The molecule has 0 rings (SSSR count). The van der Waals surface area contributed by atoms with Crippen molar-refractivity contribution < 1.29 is 19.1 Å². The van der Waals surface area contributed by atoms with Gasteiger partial charge in [-0.15, -0.1) is 0 Å². The number of esters is 1. The maximum absolute atomic E-state index is 10.3. The Labute approximate surface area is 52.7 Å². The average Bonchev–Trinajstić information content (AvgIpc) is 1.89. The monoisotopic (exact) mass is 132 g/mol. The van der Waals surface area contributed by atoms with Crippen molar-refractivity contribution in [3.05, 3.63) is 0 Å². The van der Waals surface area contributed by atoms with Gasteiger partial charge in [-0.25, -0.2) is 0 Å². The van der Waals surface area contributed by atoms with E-state index in [2.05, 4.69) is 9.47 Å². The largest absolute Gasteiger partial charge is 0.469 e. The standard InChI is InChI=1S/C5H8O4/c1-8-5(7)2-3-9-4-6/h4H,2-3H2,1H3. The van der Waals surface area contributed by atoms with E-state index in [9.17, 15) is 9.59 Å². The molecule has 0 aliphatic heterocycles. The zero-order chi connectivity index (χ0) is 7.11. The molecule has 9 heavy (non-hydrogen) atoms. The fourth-order valence-corrected chi connectivity index (χ4v) is 0.292. The number of hydrogen-bond acceptors (Lipinski definition) is 4. The molecule has 0 bridgehead atoms. The Morgan fingerprint density at radius 1 is 1.67 bits per heavy atom.